The highest BCUT2D eigenvalue weighted by atomic mass is 35.5. The first-order valence-electron chi connectivity index (χ1n) is 5.63. The van der Waals surface area contributed by atoms with Crippen LogP contribution in [-0.2, 0) is 11.0 Å². The number of carboxylic acids is 1. The molecule has 19 heavy (non-hydrogen) atoms. The Bertz CT molecular complexity index is 449. The van der Waals surface area contributed by atoms with Crippen molar-refractivity contribution >= 4 is 23.3 Å². The molecular weight excluding hydrogens is 283 g/mol. The molecule has 0 bridgehead atoms. The number of benzene rings is 1. The summed E-state index contributed by atoms with van der Waals surface area (Å²) in [5, 5.41) is 11.1. The molecular formula is C12H13ClF3NO2. The fourth-order valence-corrected chi connectivity index (χ4v) is 1.70. The molecule has 0 atom stereocenters. The summed E-state index contributed by atoms with van der Waals surface area (Å²) >= 11 is 5.55. The van der Waals surface area contributed by atoms with Crippen LogP contribution in [0.5, 0.6) is 0 Å². The van der Waals surface area contributed by atoms with Crippen LogP contribution in [-0.4, -0.2) is 17.6 Å². The molecule has 7 heteroatoms. The molecule has 0 fully saturated rings. The van der Waals surface area contributed by atoms with E-state index in [1.54, 1.807) is 0 Å². The highest BCUT2D eigenvalue weighted by Gasteiger charge is 2.33. The van der Waals surface area contributed by atoms with Gasteiger partial charge in [0, 0.05) is 23.7 Å². The van der Waals surface area contributed by atoms with E-state index in [1.807, 2.05) is 0 Å². The SMILES string of the molecule is O=C(O)CCCCNc1ccc(Cl)cc1C(F)(F)F. The summed E-state index contributed by atoms with van der Waals surface area (Å²) in [6, 6.07) is 3.50. The second kappa shape index (κ2) is 6.65. The van der Waals surface area contributed by atoms with Crippen LogP contribution in [0.25, 0.3) is 0 Å². The Kier molecular flexibility index (Phi) is 5.47. The highest BCUT2D eigenvalue weighted by Crippen LogP contribution is 2.36. The molecule has 1 aromatic rings. The number of hydrogen-bond donors (Lipinski definition) is 2. The summed E-state index contributed by atoms with van der Waals surface area (Å²) in [7, 11) is 0. The molecule has 0 heterocycles. The molecule has 0 aliphatic rings. The third-order valence-corrected chi connectivity index (χ3v) is 2.65. The summed E-state index contributed by atoms with van der Waals surface area (Å²) in [5.41, 5.74) is -0.870. The number of carbonyl (C=O) groups is 1. The first-order valence-corrected chi connectivity index (χ1v) is 6.01. The number of halogens is 4. The Morgan fingerprint density at radius 2 is 2.00 bits per heavy atom. The second-order valence-electron chi connectivity index (χ2n) is 3.97. The zero-order valence-corrected chi connectivity index (χ0v) is 10.7. The number of alkyl halides is 3. The summed E-state index contributed by atoms with van der Waals surface area (Å²) in [5.74, 6) is -0.914. The molecule has 0 aliphatic heterocycles. The molecule has 106 valence electrons. The molecule has 0 amide bonds. The zero-order valence-electron chi connectivity index (χ0n) is 9.93. The maximum absolute atomic E-state index is 12.7. The van der Waals surface area contributed by atoms with E-state index in [0.717, 1.165) is 6.07 Å². The van der Waals surface area contributed by atoms with E-state index in [-0.39, 0.29) is 23.7 Å². The molecule has 1 rings (SSSR count). The summed E-state index contributed by atoms with van der Waals surface area (Å²) < 4.78 is 38.2. The molecule has 3 nitrogen and oxygen atoms in total. The lowest BCUT2D eigenvalue weighted by Gasteiger charge is -2.14. The van der Waals surface area contributed by atoms with Gasteiger partial charge in [0.05, 0.1) is 5.56 Å². The minimum atomic E-state index is -4.48. The van der Waals surface area contributed by atoms with Crippen molar-refractivity contribution in [3.05, 3.63) is 28.8 Å². The lowest BCUT2D eigenvalue weighted by molar-refractivity contribution is -0.137. The van der Waals surface area contributed by atoms with Gasteiger partial charge in [0.15, 0.2) is 0 Å². The largest absolute Gasteiger partial charge is 0.481 e. The molecule has 0 unspecified atom stereocenters. The molecule has 0 radical (unpaired) electrons. The quantitative estimate of drug-likeness (QED) is 0.779. The summed E-state index contributed by atoms with van der Waals surface area (Å²) in [6.07, 6.45) is -3.58. The number of aliphatic carboxylic acids is 1. The standard InChI is InChI=1S/C12H13ClF3NO2/c13-8-4-5-10(9(7-8)12(14,15)16)17-6-2-1-3-11(18)19/h4-5,7,17H,1-3,6H2,(H,18,19). The van der Waals surface area contributed by atoms with Crippen molar-refractivity contribution in [2.24, 2.45) is 0 Å². The van der Waals surface area contributed by atoms with Gasteiger partial charge in [-0.2, -0.15) is 13.2 Å². The predicted molar refractivity (Wildman–Crippen MR) is 66.4 cm³/mol. The number of hydrogen-bond acceptors (Lipinski definition) is 2. The molecule has 0 spiro atoms. The van der Waals surface area contributed by atoms with Crippen molar-refractivity contribution in [3.8, 4) is 0 Å². The maximum Gasteiger partial charge on any atom is 0.418 e. The van der Waals surface area contributed by atoms with Gasteiger partial charge in [-0.3, -0.25) is 4.79 Å². The number of nitrogens with one attached hydrogen (secondary N) is 1. The van der Waals surface area contributed by atoms with E-state index < -0.39 is 17.7 Å². The monoisotopic (exact) mass is 295 g/mol. The van der Waals surface area contributed by atoms with E-state index in [0.29, 0.717) is 12.8 Å². The Morgan fingerprint density at radius 3 is 2.58 bits per heavy atom. The van der Waals surface area contributed by atoms with Gasteiger partial charge >= 0.3 is 12.1 Å². The van der Waals surface area contributed by atoms with Crippen LogP contribution < -0.4 is 5.32 Å². The van der Waals surface area contributed by atoms with Gasteiger partial charge in [-0.1, -0.05) is 11.6 Å². The lowest BCUT2D eigenvalue weighted by atomic mass is 10.1. The predicted octanol–water partition coefficient (Wildman–Crippen LogP) is 4.03. The molecule has 0 aliphatic carbocycles. The zero-order chi connectivity index (χ0) is 14.5. The van der Waals surface area contributed by atoms with E-state index in [4.69, 9.17) is 16.7 Å². The first kappa shape index (κ1) is 15.6. The van der Waals surface area contributed by atoms with Crippen molar-refractivity contribution in [3.63, 3.8) is 0 Å². The minimum absolute atomic E-state index is 0.00836. The van der Waals surface area contributed by atoms with Crippen molar-refractivity contribution in [1.82, 2.24) is 0 Å². The van der Waals surface area contributed by atoms with Gasteiger partial charge in [0.25, 0.3) is 0 Å². The molecule has 1 aromatic carbocycles. The van der Waals surface area contributed by atoms with E-state index in [1.165, 1.54) is 12.1 Å². The van der Waals surface area contributed by atoms with Crippen LogP contribution in [0.4, 0.5) is 18.9 Å². The summed E-state index contributed by atoms with van der Waals surface area (Å²) in [4.78, 5) is 10.3. The number of rotatable bonds is 6. The number of anilines is 1. The number of carboxylic acid groups (broad SMARTS) is 1. The average Bonchev–Trinajstić information content (AvgIpc) is 2.28. The van der Waals surface area contributed by atoms with Gasteiger partial charge in [0.1, 0.15) is 0 Å². The molecule has 0 saturated heterocycles. The van der Waals surface area contributed by atoms with Crippen LogP contribution >= 0.6 is 11.6 Å². The summed E-state index contributed by atoms with van der Waals surface area (Å²) in [6.45, 7) is 0.276. The van der Waals surface area contributed by atoms with Crippen LogP contribution in [0.2, 0.25) is 5.02 Å². The first-order chi connectivity index (χ1) is 8.80. The van der Waals surface area contributed by atoms with Crippen LogP contribution in [0.1, 0.15) is 24.8 Å². The van der Waals surface area contributed by atoms with Crippen molar-refractivity contribution in [2.75, 3.05) is 11.9 Å². The van der Waals surface area contributed by atoms with Gasteiger partial charge in [0.2, 0.25) is 0 Å². The minimum Gasteiger partial charge on any atom is -0.481 e. The normalized spacial score (nSPS) is 11.4. The van der Waals surface area contributed by atoms with E-state index in [9.17, 15) is 18.0 Å². The van der Waals surface area contributed by atoms with Gasteiger partial charge in [-0.15, -0.1) is 0 Å². The third kappa shape index (κ3) is 5.38. The topological polar surface area (TPSA) is 49.3 Å². The Balaban J connectivity index is 2.61. The average molecular weight is 296 g/mol. The Morgan fingerprint density at radius 1 is 1.32 bits per heavy atom. The van der Waals surface area contributed by atoms with E-state index >= 15 is 0 Å². The van der Waals surface area contributed by atoms with Gasteiger partial charge < -0.3 is 10.4 Å². The fourth-order valence-electron chi connectivity index (χ4n) is 1.53. The highest BCUT2D eigenvalue weighted by molar-refractivity contribution is 6.30. The van der Waals surface area contributed by atoms with Gasteiger partial charge in [-0.25, -0.2) is 0 Å². The second-order valence-corrected chi connectivity index (χ2v) is 4.40. The Hall–Kier alpha value is -1.43. The third-order valence-electron chi connectivity index (χ3n) is 2.42. The van der Waals surface area contributed by atoms with Crippen LogP contribution in [0.15, 0.2) is 18.2 Å². The molecule has 2 N–H and O–H groups in total. The number of unbranched alkanes of at least 4 members (excludes halogenated alkanes) is 1. The Labute approximate surface area is 113 Å². The lowest BCUT2D eigenvalue weighted by Crippen LogP contribution is -2.12. The fraction of sp³-hybridized carbons (Fsp3) is 0.417. The van der Waals surface area contributed by atoms with Crippen molar-refractivity contribution < 1.29 is 23.1 Å². The van der Waals surface area contributed by atoms with Gasteiger partial charge in [-0.05, 0) is 31.0 Å². The van der Waals surface area contributed by atoms with Crippen LogP contribution in [0.3, 0.4) is 0 Å². The molecule has 0 saturated carbocycles. The van der Waals surface area contributed by atoms with Crippen molar-refractivity contribution in [2.45, 2.75) is 25.4 Å². The molecule has 0 aromatic heterocycles. The maximum atomic E-state index is 12.7. The van der Waals surface area contributed by atoms with Crippen LogP contribution in [0, 0.1) is 0 Å². The van der Waals surface area contributed by atoms with E-state index in [2.05, 4.69) is 5.32 Å². The smallest absolute Gasteiger partial charge is 0.418 e. The van der Waals surface area contributed by atoms with Crippen molar-refractivity contribution in [1.29, 1.82) is 0 Å².